The fraction of sp³-hybridized carbons (Fsp3) is 0.364. The van der Waals surface area contributed by atoms with Gasteiger partial charge >= 0.3 is 0 Å². The van der Waals surface area contributed by atoms with Crippen molar-refractivity contribution in [3.8, 4) is 5.75 Å². The van der Waals surface area contributed by atoms with Gasteiger partial charge in [0, 0.05) is 18.5 Å². The number of aromatic hydroxyl groups is 1. The second-order valence-corrected chi connectivity index (χ2v) is 3.97. The number of hydrogen-bond donors (Lipinski definition) is 2. The maximum Gasteiger partial charge on any atom is 0.251 e. The zero-order valence-electron chi connectivity index (χ0n) is 8.97. The zero-order valence-corrected chi connectivity index (χ0v) is 8.97. The summed E-state index contributed by atoms with van der Waals surface area (Å²) in [5, 5.41) is 19.6. The van der Waals surface area contributed by atoms with Crippen LogP contribution in [-0.4, -0.2) is 23.2 Å². The minimum atomic E-state index is -0.276. The molecule has 16 heavy (non-hydrogen) atoms. The highest BCUT2D eigenvalue weighted by atomic mass is 16.3. The Morgan fingerprint density at radius 2 is 2.00 bits per heavy atom. The molecule has 0 aliphatic carbocycles. The van der Waals surface area contributed by atoms with E-state index in [-0.39, 0.29) is 17.3 Å². The molecule has 0 radical (unpaired) electrons. The number of benzene rings is 1. The lowest BCUT2D eigenvalue weighted by molar-refractivity contribution is 0.0952. The molecule has 0 atom stereocenters. The minimum Gasteiger partial charge on any atom is -0.508 e. The lowest BCUT2D eigenvalue weighted by atomic mass is 10.1. The van der Waals surface area contributed by atoms with Gasteiger partial charge in [0.1, 0.15) is 5.75 Å². The van der Waals surface area contributed by atoms with Crippen LogP contribution in [0.3, 0.4) is 0 Å². The largest absolute Gasteiger partial charge is 0.508 e. The molecule has 2 N–H and O–H groups in total. The van der Waals surface area contributed by atoms with Crippen molar-refractivity contribution in [2.45, 2.75) is 19.0 Å². The van der Waals surface area contributed by atoms with E-state index in [0.29, 0.717) is 12.1 Å². The van der Waals surface area contributed by atoms with E-state index in [1.54, 1.807) is 12.1 Å². The summed E-state index contributed by atoms with van der Waals surface area (Å²) in [6.07, 6.45) is 0.719. The highest BCUT2D eigenvalue weighted by molar-refractivity contribution is 5.94. The van der Waals surface area contributed by atoms with Crippen molar-refractivity contribution < 1.29 is 9.90 Å². The van der Waals surface area contributed by atoms with Gasteiger partial charge in [-0.3, -0.25) is 4.79 Å². The SMILES string of the molecule is CC1(CCNC(=O)c2ccc(O)cc2)N=N1. The van der Waals surface area contributed by atoms with Crippen LogP contribution in [0.1, 0.15) is 23.7 Å². The summed E-state index contributed by atoms with van der Waals surface area (Å²) in [5.74, 6) is 0.00360. The number of rotatable bonds is 4. The van der Waals surface area contributed by atoms with Crippen LogP contribution in [0.25, 0.3) is 0 Å². The summed E-state index contributed by atoms with van der Waals surface area (Å²) in [6.45, 7) is 2.46. The van der Waals surface area contributed by atoms with Gasteiger partial charge in [-0.25, -0.2) is 0 Å². The smallest absolute Gasteiger partial charge is 0.251 e. The predicted octanol–water partition coefficient (Wildman–Crippen LogP) is 1.69. The summed E-state index contributed by atoms with van der Waals surface area (Å²) in [5.41, 5.74) is 0.259. The number of carbonyl (C=O) groups excluding carboxylic acids is 1. The molecule has 0 saturated heterocycles. The van der Waals surface area contributed by atoms with Crippen molar-refractivity contribution >= 4 is 5.91 Å². The maximum atomic E-state index is 11.6. The first-order valence-corrected chi connectivity index (χ1v) is 5.10. The van der Waals surface area contributed by atoms with Gasteiger partial charge in [-0.05, 0) is 31.2 Å². The van der Waals surface area contributed by atoms with Gasteiger partial charge in [0.2, 0.25) is 0 Å². The van der Waals surface area contributed by atoms with E-state index in [1.165, 1.54) is 12.1 Å². The Morgan fingerprint density at radius 3 is 2.56 bits per heavy atom. The molecule has 84 valence electrons. The topological polar surface area (TPSA) is 74.0 Å². The molecule has 0 saturated carbocycles. The van der Waals surface area contributed by atoms with Crippen molar-refractivity contribution in [2.24, 2.45) is 10.2 Å². The van der Waals surface area contributed by atoms with Gasteiger partial charge < -0.3 is 10.4 Å². The molecule has 0 aromatic heterocycles. The fourth-order valence-corrected chi connectivity index (χ4v) is 1.31. The van der Waals surface area contributed by atoms with Crippen molar-refractivity contribution in [1.82, 2.24) is 5.32 Å². The van der Waals surface area contributed by atoms with Crippen molar-refractivity contribution in [3.05, 3.63) is 29.8 Å². The van der Waals surface area contributed by atoms with Crippen LogP contribution in [0.4, 0.5) is 0 Å². The Hall–Kier alpha value is -1.91. The van der Waals surface area contributed by atoms with Crippen molar-refractivity contribution in [3.63, 3.8) is 0 Å². The molecule has 0 spiro atoms. The number of phenolic OH excluding ortho intramolecular Hbond substituents is 1. The van der Waals surface area contributed by atoms with E-state index >= 15 is 0 Å². The summed E-state index contributed by atoms with van der Waals surface area (Å²) in [7, 11) is 0. The Labute approximate surface area is 93.2 Å². The van der Waals surface area contributed by atoms with Gasteiger partial charge in [0.05, 0.1) is 0 Å². The summed E-state index contributed by atoms with van der Waals surface area (Å²) >= 11 is 0. The number of nitrogens with one attached hydrogen (secondary N) is 1. The highest BCUT2D eigenvalue weighted by Crippen LogP contribution is 2.29. The second kappa shape index (κ2) is 3.92. The number of nitrogens with zero attached hydrogens (tertiary/aromatic N) is 2. The number of carbonyl (C=O) groups is 1. The summed E-state index contributed by atoms with van der Waals surface area (Å²) < 4.78 is 0. The van der Waals surface area contributed by atoms with E-state index in [0.717, 1.165) is 6.42 Å². The fourth-order valence-electron chi connectivity index (χ4n) is 1.31. The highest BCUT2D eigenvalue weighted by Gasteiger charge is 2.32. The standard InChI is InChI=1S/C11H13N3O2/c1-11(13-14-11)6-7-12-10(16)8-2-4-9(15)5-3-8/h2-5,15H,6-7H2,1H3,(H,12,16). The molecule has 0 bridgehead atoms. The Morgan fingerprint density at radius 1 is 1.38 bits per heavy atom. The molecular formula is C11H13N3O2. The van der Waals surface area contributed by atoms with Gasteiger partial charge in [0.25, 0.3) is 5.91 Å². The molecule has 1 aromatic rings. The molecule has 0 unspecified atom stereocenters. The van der Waals surface area contributed by atoms with Crippen LogP contribution in [-0.2, 0) is 0 Å². The second-order valence-electron chi connectivity index (χ2n) is 3.97. The van der Waals surface area contributed by atoms with Crippen LogP contribution >= 0.6 is 0 Å². The molecule has 5 heteroatoms. The monoisotopic (exact) mass is 219 g/mol. The molecule has 0 fully saturated rings. The third-order valence-corrected chi connectivity index (χ3v) is 2.46. The van der Waals surface area contributed by atoms with Crippen LogP contribution < -0.4 is 5.32 Å². The average molecular weight is 219 g/mol. The minimum absolute atomic E-state index is 0.149. The Kier molecular flexibility index (Phi) is 2.60. The number of amides is 1. The first-order valence-electron chi connectivity index (χ1n) is 5.10. The first-order chi connectivity index (χ1) is 7.59. The van der Waals surface area contributed by atoms with Crippen LogP contribution in [0.15, 0.2) is 34.5 Å². The van der Waals surface area contributed by atoms with Crippen LogP contribution in [0, 0.1) is 0 Å². The molecule has 1 aromatic carbocycles. The number of phenols is 1. The number of hydrogen-bond acceptors (Lipinski definition) is 4. The van der Waals surface area contributed by atoms with E-state index in [2.05, 4.69) is 15.5 Å². The van der Waals surface area contributed by atoms with Crippen LogP contribution in [0.2, 0.25) is 0 Å². The van der Waals surface area contributed by atoms with E-state index in [4.69, 9.17) is 5.11 Å². The molecule has 1 heterocycles. The maximum absolute atomic E-state index is 11.6. The molecule has 1 amide bonds. The molecular weight excluding hydrogens is 206 g/mol. The van der Waals surface area contributed by atoms with Crippen molar-refractivity contribution in [2.75, 3.05) is 6.54 Å². The summed E-state index contributed by atoms with van der Waals surface area (Å²) in [6, 6.07) is 6.14. The Bertz CT molecular complexity index is 419. The molecule has 5 nitrogen and oxygen atoms in total. The van der Waals surface area contributed by atoms with Gasteiger partial charge in [-0.15, -0.1) is 0 Å². The third kappa shape index (κ3) is 2.56. The van der Waals surface area contributed by atoms with Gasteiger partial charge in [-0.2, -0.15) is 10.2 Å². The molecule has 1 aliphatic rings. The van der Waals surface area contributed by atoms with Crippen LogP contribution in [0.5, 0.6) is 5.75 Å². The quantitative estimate of drug-likeness (QED) is 0.808. The lowest BCUT2D eigenvalue weighted by Crippen LogP contribution is -2.27. The zero-order chi connectivity index (χ0) is 11.6. The van der Waals surface area contributed by atoms with E-state index in [9.17, 15) is 4.79 Å². The Balaban J connectivity index is 1.81. The first kappa shape index (κ1) is 10.6. The molecule has 1 aliphatic heterocycles. The van der Waals surface area contributed by atoms with E-state index < -0.39 is 0 Å². The van der Waals surface area contributed by atoms with Gasteiger partial charge in [0.15, 0.2) is 5.66 Å². The average Bonchev–Trinajstić information content (AvgIpc) is 2.97. The molecule has 2 rings (SSSR count). The van der Waals surface area contributed by atoms with E-state index in [1.807, 2.05) is 6.92 Å². The normalized spacial score (nSPS) is 15.8. The van der Waals surface area contributed by atoms with Gasteiger partial charge in [-0.1, -0.05) is 0 Å². The predicted molar refractivity (Wildman–Crippen MR) is 58.3 cm³/mol. The third-order valence-electron chi connectivity index (χ3n) is 2.46. The summed E-state index contributed by atoms with van der Waals surface area (Å²) in [4.78, 5) is 11.6. The lowest BCUT2D eigenvalue weighted by Gasteiger charge is -2.06. The van der Waals surface area contributed by atoms with Crippen molar-refractivity contribution in [1.29, 1.82) is 0 Å².